The Balaban J connectivity index is 0.00000256. The Bertz CT molecular complexity index is 363. The van der Waals surface area contributed by atoms with Crippen LogP contribution in [-0.2, 0) is 0 Å². The van der Waals surface area contributed by atoms with Crippen LogP contribution in [0.4, 0.5) is 0 Å². The van der Waals surface area contributed by atoms with Gasteiger partial charge in [0.2, 0.25) is 0 Å². The molecule has 98 valence electrons. The lowest BCUT2D eigenvalue weighted by Gasteiger charge is -2.16. The molecule has 0 saturated heterocycles. The highest BCUT2D eigenvalue weighted by atomic mass is 79.9. The summed E-state index contributed by atoms with van der Waals surface area (Å²) in [5.74, 6) is 1.28. The van der Waals surface area contributed by atoms with E-state index in [1.165, 1.54) is 0 Å². The van der Waals surface area contributed by atoms with Crippen molar-refractivity contribution in [3.63, 3.8) is 0 Å². The zero-order valence-electron chi connectivity index (χ0n) is 9.77. The Morgan fingerprint density at radius 3 is 2.29 bits per heavy atom. The van der Waals surface area contributed by atoms with Gasteiger partial charge < -0.3 is 20.3 Å². The van der Waals surface area contributed by atoms with Crippen molar-refractivity contribution >= 4 is 28.3 Å². The number of rotatable bonds is 5. The standard InChI is InChI=1S/C11H16BrNO3.ClH/c1-15-10-5-7(9(13)3-4-14)8(12)6-11(10)16-2;/h5-6,9,14H,3-4,13H2,1-2H3;1H/t9-;/m1./s1. The van der Waals surface area contributed by atoms with Crippen molar-refractivity contribution in [2.24, 2.45) is 5.73 Å². The number of halogens is 2. The van der Waals surface area contributed by atoms with Gasteiger partial charge in [-0.25, -0.2) is 0 Å². The predicted octanol–water partition coefficient (Wildman–Crippen LogP) is 2.27. The molecule has 0 aliphatic rings. The molecule has 3 N–H and O–H groups in total. The predicted molar refractivity (Wildman–Crippen MR) is 73.1 cm³/mol. The molecule has 1 rings (SSSR count). The molecular formula is C11H17BrClNO3. The lowest BCUT2D eigenvalue weighted by atomic mass is 10.0. The normalized spacial score (nSPS) is 11.6. The van der Waals surface area contributed by atoms with E-state index in [4.69, 9.17) is 20.3 Å². The number of aliphatic hydroxyl groups is 1. The summed E-state index contributed by atoms with van der Waals surface area (Å²) in [7, 11) is 3.16. The largest absolute Gasteiger partial charge is 0.493 e. The van der Waals surface area contributed by atoms with Gasteiger partial charge in [-0.2, -0.15) is 0 Å². The first-order valence-corrected chi connectivity index (χ1v) is 5.71. The van der Waals surface area contributed by atoms with Crippen LogP contribution in [0, 0.1) is 0 Å². The summed E-state index contributed by atoms with van der Waals surface area (Å²) in [6.45, 7) is 0.0575. The molecule has 0 heterocycles. The Kier molecular flexibility index (Phi) is 7.54. The fraction of sp³-hybridized carbons (Fsp3) is 0.455. The molecule has 1 aromatic rings. The van der Waals surface area contributed by atoms with E-state index in [0.717, 1.165) is 10.0 Å². The van der Waals surface area contributed by atoms with Gasteiger partial charge in [-0.15, -0.1) is 12.4 Å². The van der Waals surface area contributed by atoms with Crippen LogP contribution in [0.2, 0.25) is 0 Å². The lowest BCUT2D eigenvalue weighted by molar-refractivity contribution is 0.276. The minimum Gasteiger partial charge on any atom is -0.493 e. The number of benzene rings is 1. The second-order valence-electron chi connectivity index (χ2n) is 3.35. The maximum atomic E-state index is 8.86. The molecule has 6 heteroatoms. The fourth-order valence-electron chi connectivity index (χ4n) is 1.45. The minimum absolute atomic E-state index is 0. The van der Waals surface area contributed by atoms with Gasteiger partial charge in [0.05, 0.1) is 14.2 Å². The van der Waals surface area contributed by atoms with Gasteiger partial charge in [0.1, 0.15) is 0 Å². The van der Waals surface area contributed by atoms with E-state index < -0.39 is 0 Å². The maximum absolute atomic E-state index is 8.86. The smallest absolute Gasteiger partial charge is 0.161 e. The van der Waals surface area contributed by atoms with Crippen molar-refractivity contribution < 1.29 is 14.6 Å². The molecule has 1 atom stereocenters. The topological polar surface area (TPSA) is 64.7 Å². The third-order valence-corrected chi connectivity index (χ3v) is 3.03. The number of hydrogen-bond donors (Lipinski definition) is 2. The van der Waals surface area contributed by atoms with Crippen LogP contribution in [0.1, 0.15) is 18.0 Å². The summed E-state index contributed by atoms with van der Waals surface area (Å²) in [6.07, 6.45) is 0.508. The molecule has 1 aromatic carbocycles. The zero-order valence-corrected chi connectivity index (χ0v) is 12.2. The van der Waals surface area contributed by atoms with Crippen LogP contribution in [0.15, 0.2) is 16.6 Å². The number of ether oxygens (including phenoxy) is 2. The number of aliphatic hydroxyl groups excluding tert-OH is 1. The molecule has 0 fully saturated rings. The van der Waals surface area contributed by atoms with Gasteiger partial charge in [-0.3, -0.25) is 0 Å². The van der Waals surface area contributed by atoms with E-state index in [1.807, 2.05) is 12.1 Å². The molecular weight excluding hydrogens is 309 g/mol. The molecule has 0 amide bonds. The second kappa shape index (κ2) is 7.76. The van der Waals surface area contributed by atoms with Gasteiger partial charge in [0, 0.05) is 17.1 Å². The van der Waals surface area contributed by atoms with Crippen molar-refractivity contribution in [3.8, 4) is 11.5 Å². The van der Waals surface area contributed by atoms with E-state index in [0.29, 0.717) is 17.9 Å². The molecule has 0 radical (unpaired) electrons. The van der Waals surface area contributed by atoms with Gasteiger partial charge in [-0.1, -0.05) is 15.9 Å². The van der Waals surface area contributed by atoms with Crippen molar-refractivity contribution in [1.82, 2.24) is 0 Å². The minimum atomic E-state index is -0.223. The lowest BCUT2D eigenvalue weighted by Crippen LogP contribution is -2.13. The molecule has 4 nitrogen and oxygen atoms in total. The Labute approximate surface area is 116 Å². The first-order chi connectivity index (χ1) is 7.63. The van der Waals surface area contributed by atoms with Crippen LogP contribution in [0.5, 0.6) is 11.5 Å². The molecule has 0 aliphatic carbocycles. The van der Waals surface area contributed by atoms with E-state index in [2.05, 4.69) is 15.9 Å². The Morgan fingerprint density at radius 1 is 1.29 bits per heavy atom. The molecule has 0 aromatic heterocycles. The van der Waals surface area contributed by atoms with E-state index >= 15 is 0 Å². The van der Waals surface area contributed by atoms with Crippen LogP contribution in [-0.4, -0.2) is 25.9 Å². The first-order valence-electron chi connectivity index (χ1n) is 4.91. The van der Waals surface area contributed by atoms with E-state index in [1.54, 1.807) is 14.2 Å². The zero-order chi connectivity index (χ0) is 12.1. The highest BCUT2D eigenvalue weighted by molar-refractivity contribution is 9.10. The summed E-state index contributed by atoms with van der Waals surface area (Å²) < 4.78 is 11.2. The average molecular weight is 327 g/mol. The Hall–Kier alpha value is -0.490. The van der Waals surface area contributed by atoms with E-state index in [-0.39, 0.29) is 25.1 Å². The summed E-state index contributed by atoms with van der Waals surface area (Å²) >= 11 is 3.42. The van der Waals surface area contributed by atoms with E-state index in [9.17, 15) is 0 Å². The number of hydrogen-bond acceptors (Lipinski definition) is 4. The maximum Gasteiger partial charge on any atom is 0.161 e. The van der Waals surface area contributed by atoms with Gasteiger partial charge in [-0.05, 0) is 24.1 Å². The number of methoxy groups -OCH3 is 2. The first kappa shape index (κ1) is 16.5. The highest BCUT2D eigenvalue weighted by Crippen LogP contribution is 2.36. The summed E-state index contributed by atoms with van der Waals surface area (Å²) in [6, 6.07) is 3.41. The van der Waals surface area contributed by atoms with Crippen molar-refractivity contribution in [3.05, 3.63) is 22.2 Å². The van der Waals surface area contributed by atoms with Crippen LogP contribution in [0.25, 0.3) is 0 Å². The third kappa shape index (κ3) is 4.03. The quantitative estimate of drug-likeness (QED) is 0.871. The molecule has 17 heavy (non-hydrogen) atoms. The summed E-state index contributed by atoms with van der Waals surface area (Å²) in [4.78, 5) is 0. The number of nitrogens with two attached hydrogens (primary N) is 1. The third-order valence-electron chi connectivity index (χ3n) is 2.34. The molecule has 0 saturated carbocycles. The van der Waals surface area contributed by atoms with Crippen LogP contribution >= 0.6 is 28.3 Å². The monoisotopic (exact) mass is 325 g/mol. The van der Waals surface area contributed by atoms with Gasteiger partial charge in [0.25, 0.3) is 0 Å². The highest BCUT2D eigenvalue weighted by Gasteiger charge is 2.14. The molecule has 0 bridgehead atoms. The van der Waals surface area contributed by atoms with Crippen LogP contribution < -0.4 is 15.2 Å². The van der Waals surface area contributed by atoms with Crippen LogP contribution in [0.3, 0.4) is 0 Å². The molecule has 0 aliphatic heterocycles. The molecule has 0 spiro atoms. The van der Waals surface area contributed by atoms with Gasteiger partial charge in [0.15, 0.2) is 11.5 Å². The van der Waals surface area contributed by atoms with Crippen molar-refractivity contribution in [1.29, 1.82) is 0 Å². The average Bonchev–Trinajstić information content (AvgIpc) is 2.28. The summed E-state index contributed by atoms with van der Waals surface area (Å²) in [5, 5.41) is 8.86. The second-order valence-corrected chi connectivity index (χ2v) is 4.20. The molecule has 0 unspecified atom stereocenters. The summed E-state index contributed by atoms with van der Waals surface area (Å²) in [5.41, 5.74) is 6.83. The van der Waals surface area contributed by atoms with Gasteiger partial charge >= 0.3 is 0 Å². The van der Waals surface area contributed by atoms with Crippen molar-refractivity contribution in [2.45, 2.75) is 12.5 Å². The SMILES string of the molecule is COc1cc(Br)c([C@H](N)CCO)cc1OC.Cl. The fourth-order valence-corrected chi connectivity index (χ4v) is 2.07. The van der Waals surface area contributed by atoms with Crippen molar-refractivity contribution in [2.75, 3.05) is 20.8 Å². The Morgan fingerprint density at radius 2 is 1.82 bits per heavy atom.